The van der Waals surface area contributed by atoms with Crippen LogP contribution in [0.25, 0.3) is 11.0 Å². The van der Waals surface area contributed by atoms with Crippen molar-refractivity contribution in [3.63, 3.8) is 0 Å². The zero-order chi connectivity index (χ0) is 19.4. The third-order valence-electron chi connectivity index (χ3n) is 4.16. The maximum absolute atomic E-state index is 12.1. The minimum atomic E-state index is -0.379. The Bertz CT molecular complexity index is 1010. The number of nitrogens with zero attached hydrogens (tertiary/aromatic N) is 3. The van der Waals surface area contributed by atoms with Crippen LogP contribution in [0.5, 0.6) is 0 Å². The number of fused-ring (bicyclic) bond motifs is 1. The SMILES string of the molecule is COCn1c(=O)ccc2cnc(NC(C)c3ccc(C(=O)OC)cc3)nc21. The Morgan fingerprint density at radius 1 is 1.19 bits per heavy atom. The normalized spacial score (nSPS) is 12.0. The van der Waals surface area contributed by atoms with E-state index < -0.39 is 0 Å². The number of anilines is 1. The minimum absolute atomic E-state index is 0.108. The topological polar surface area (TPSA) is 95.3 Å². The van der Waals surface area contributed by atoms with E-state index in [1.807, 2.05) is 19.1 Å². The van der Waals surface area contributed by atoms with E-state index in [-0.39, 0.29) is 24.3 Å². The molecule has 1 unspecified atom stereocenters. The van der Waals surface area contributed by atoms with Crippen molar-refractivity contribution in [1.29, 1.82) is 0 Å². The Kier molecular flexibility index (Phi) is 5.46. The molecule has 0 bridgehead atoms. The van der Waals surface area contributed by atoms with Gasteiger partial charge in [-0.1, -0.05) is 12.1 Å². The molecule has 3 aromatic rings. The van der Waals surface area contributed by atoms with Gasteiger partial charge in [0.1, 0.15) is 12.4 Å². The van der Waals surface area contributed by atoms with Crippen molar-refractivity contribution in [3.8, 4) is 0 Å². The Morgan fingerprint density at radius 3 is 2.59 bits per heavy atom. The number of hydrogen-bond donors (Lipinski definition) is 1. The molecule has 8 nitrogen and oxygen atoms in total. The third kappa shape index (κ3) is 3.95. The van der Waals surface area contributed by atoms with Gasteiger partial charge in [0, 0.05) is 24.8 Å². The number of carbonyl (C=O) groups excluding carboxylic acids is 1. The number of methoxy groups -OCH3 is 2. The summed E-state index contributed by atoms with van der Waals surface area (Å²) in [4.78, 5) is 32.4. The van der Waals surface area contributed by atoms with Crippen molar-refractivity contribution in [2.45, 2.75) is 19.7 Å². The van der Waals surface area contributed by atoms with Crippen LogP contribution in [0.15, 0.2) is 47.4 Å². The van der Waals surface area contributed by atoms with Gasteiger partial charge < -0.3 is 14.8 Å². The molecule has 3 rings (SSSR count). The molecule has 0 spiro atoms. The molecule has 0 saturated carbocycles. The fourth-order valence-electron chi connectivity index (χ4n) is 2.70. The van der Waals surface area contributed by atoms with Crippen LogP contribution in [-0.2, 0) is 16.2 Å². The van der Waals surface area contributed by atoms with Gasteiger partial charge in [0.05, 0.1) is 18.7 Å². The molecule has 0 amide bonds. The summed E-state index contributed by atoms with van der Waals surface area (Å²) in [5.41, 5.74) is 1.74. The maximum atomic E-state index is 12.1. The highest BCUT2D eigenvalue weighted by atomic mass is 16.5. The predicted molar refractivity (Wildman–Crippen MR) is 101 cm³/mol. The lowest BCUT2D eigenvalue weighted by Crippen LogP contribution is -2.21. The van der Waals surface area contributed by atoms with Crippen molar-refractivity contribution in [1.82, 2.24) is 14.5 Å². The monoisotopic (exact) mass is 368 g/mol. The van der Waals surface area contributed by atoms with Gasteiger partial charge in [-0.3, -0.25) is 9.36 Å². The Balaban J connectivity index is 1.86. The summed E-state index contributed by atoms with van der Waals surface area (Å²) in [5, 5.41) is 3.95. The summed E-state index contributed by atoms with van der Waals surface area (Å²) < 4.78 is 11.2. The van der Waals surface area contributed by atoms with Crippen molar-refractivity contribution >= 4 is 23.0 Å². The van der Waals surface area contributed by atoms with Gasteiger partial charge >= 0.3 is 5.97 Å². The Labute approximate surface area is 155 Å². The number of benzene rings is 1. The van der Waals surface area contributed by atoms with Gasteiger partial charge in [-0.25, -0.2) is 9.78 Å². The van der Waals surface area contributed by atoms with Crippen LogP contribution in [0.1, 0.15) is 28.9 Å². The molecule has 0 saturated heterocycles. The number of rotatable bonds is 6. The molecule has 1 N–H and O–H groups in total. The molecule has 140 valence electrons. The standard InChI is InChI=1S/C19H20N4O4/c1-12(13-4-6-14(7-5-13)18(25)27-3)21-19-20-10-15-8-9-16(24)23(11-26-2)17(15)22-19/h4-10,12H,11H2,1-3H3,(H,20,21,22). The first kappa shape index (κ1) is 18.5. The summed E-state index contributed by atoms with van der Waals surface area (Å²) in [6, 6.07) is 10.1. The van der Waals surface area contributed by atoms with E-state index in [9.17, 15) is 9.59 Å². The van der Waals surface area contributed by atoms with Crippen LogP contribution in [0.3, 0.4) is 0 Å². The van der Waals surface area contributed by atoms with Crippen LogP contribution in [0.4, 0.5) is 5.95 Å². The first-order valence-electron chi connectivity index (χ1n) is 8.34. The quantitative estimate of drug-likeness (QED) is 0.667. The molecular weight excluding hydrogens is 348 g/mol. The first-order valence-corrected chi connectivity index (χ1v) is 8.34. The number of carbonyl (C=O) groups is 1. The van der Waals surface area contributed by atoms with Crippen molar-refractivity contribution < 1.29 is 14.3 Å². The molecule has 27 heavy (non-hydrogen) atoms. The van der Waals surface area contributed by atoms with Crippen LogP contribution in [0.2, 0.25) is 0 Å². The second-order valence-corrected chi connectivity index (χ2v) is 5.97. The number of ether oxygens (including phenoxy) is 2. The van der Waals surface area contributed by atoms with Crippen LogP contribution >= 0.6 is 0 Å². The van der Waals surface area contributed by atoms with Crippen molar-refractivity contribution in [2.75, 3.05) is 19.5 Å². The van der Waals surface area contributed by atoms with E-state index in [0.29, 0.717) is 17.2 Å². The minimum Gasteiger partial charge on any atom is -0.465 e. The summed E-state index contributed by atoms with van der Waals surface area (Å²) in [6.45, 7) is 2.06. The van der Waals surface area contributed by atoms with Gasteiger partial charge in [0.25, 0.3) is 5.56 Å². The Morgan fingerprint density at radius 2 is 1.93 bits per heavy atom. The predicted octanol–water partition coefficient (Wildman–Crippen LogP) is 2.36. The highest BCUT2D eigenvalue weighted by molar-refractivity contribution is 5.89. The summed E-state index contributed by atoms with van der Waals surface area (Å²) in [5.74, 6) is 0.0126. The van der Waals surface area contributed by atoms with Crippen LogP contribution < -0.4 is 10.9 Å². The third-order valence-corrected chi connectivity index (χ3v) is 4.16. The molecule has 0 aliphatic carbocycles. The largest absolute Gasteiger partial charge is 0.465 e. The van der Waals surface area contributed by atoms with Gasteiger partial charge in [0.2, 0.25) is 5.95 Å². The van der Waals surface area contributed by atoms with Crippen molar-refractivity contribution in [3.05, 3.63) is 64.1 Å². The van der Waals surface area contributed by atoms with Crippen LogP contribution in [-0.4, -0.2) is 34.7 Å². The maximum Gasteiger partial charge on any atom is 0.337 e. The molecule has 8 heteroatoms. The molecule has 0 radical (unpaired) electrons. The van der Waals surface area contributed by atoms with E-state index in [4.69, 9.17) is 9.47 Å². The lowest BCUT2D eigenvalue weighted by Gasteiger charge is -2.15. The summed E-state index contributed by atoms with van der Waals surface area (Å²) in [7, 11) is 2.87. The molecule has 0 aliphatic heterocycles. The van der Waals surface area contributed by atoms with E-state index >= 15 is 0 Å². The average Bonchev–Trinajstić information content (AvgIpc) is 2.69. The molecule has 1 aromatic carbocycles. The fraction of sp³-hybridized carbons (Fsp3) is 0.263. The lowest BCUT2D eigenvalue weighted by atomic mass is 10.1. The van der Waals surface area contributed by atoms with E-state index in [1.54, 1.807) is 24.4 Å². The number of pyridine rings is 1. The number of nitrogens with one attached hydrogen (secondary N) is 1. The highest BCUT2D eigenvalue weighted by Gasteiger charge is 2.11. The summed E-state index contributed by atoms with van der Waals surface area (Å²) >= 11 is 0. The fourth-order valence-corrected chi connectivity index (χ4v) is 2.70. The van der Waals surface area contributed by atoms with E-state index in [2.05, 4.69) is 15.3 Å². The molecule has 0 aliphatic rings. The van der Waals surface area contributed by atoms with E-state index in [0.717, 1.165) is 10.9 Å². The molecular formula is C19H20N4O4. The second-order valence-electron chi connectivity index (χ2n) is 5.97. The number of aromatic nitrogens is 3. The first-order chi connectivity index (χ1) is 13.0. The molecule has 0 fully saturated rings. The van der Waals surface area contributed by atoms with Gasteiger partial charge in [-0.05, 0) is 30.7 Å². The summed E-state index contributed by atoms with van der Waals surface area (Å²) in [6.07, 6.45) is 1.66. The molecule has 2 heterocycles. The zero-order valence-electron chi connectivity index (χ0n) is 15.3. The lowest BCUT2D eigenvalue weighted by molar-refractivity contribution is 0.0600. The Hall–Kier alpha value is -3.26. The molecule has 2 aromatic heterocycles. The van der Waals surface area contributed by atoms with Crippen molar-refractivity contribution in [2.24, 2.45) is 0 Å². The zero-order valence-corrected chi connectivity index (χ0v) is 15.3. The second kappa shape index (κ2) is 7.96. The van der Waals surface area contributed by atoms with Gasteiger partial charge in [-0.2, -0.15) is 4.98 Å². The van der Waals surface area contributed by atoms with E-state index in [1.165, 1.54) is 24.9 Å². The van der Waals surface area contributed by atoms with Gasteiger partial charge in [-0.15, -0.1) is 0 Å². The smallest absolute Gasteiger partial charge is 0.337 e. The highest BCUT2D eigenvalue weighted by Crippen LogP contribution is 2.19. The molecule has 1 atom stereocenters. The number of esters is 1. The van der Waals surface area contributed by atoms with Crippen LogP contribution in [0, 0.1) is 0 Å². The number of hydrogen-bond acceptors (Lipinski definition) is 7. The average molecular weight is 368 g/mol. The van der Waals surface area contributed by atoms with Gasteiger partial charge in [0.15, 0.2) is 0 Å².